The van der Waals surface area contributed by atoms with Crippen molar-refractivity contribution in [3.05, 3.63) is 179 Å². The van der Waals surface area contributed by atoms with E-state index in [0.717, 1.165) is 0 Å². The van der Waals surface area contributed by atoms with Gasteiger partial charge < -0.3 is 0 Å². The van der Waals surface area contributed by atoms with Crippen LogP contribution in [0.5, 0.6) is 0 Å². The first-order chi connectivity index (χ1) is 22.7. The van der Waals surface area contributed by atoms with E-state index in [9.17, 15) is 0 Å². The molecule has 0 nitrogen and oxygen atoms in total. The Bertz CT molecular complexity index is 1530. The van der Waals surface area contributed by atoms with Gasteiger partial charge in [0.25, 0.3) is 0 Å². The molecular weight excluding hydrogens is 744 g/mol. The molecule has 0 saturated carbocycles. The maximum absolute atomic E-state index is 4.81. The minimum absolute atomic E-state index is 0.106. The average molecular weight is 786 g/mol. The van der Waals surface area contributed by atoms with E-state index in [1.807, 2.05) is 0 Å². The van der Waals surface area contributed by atoms with Crippen LogP contribution in [0.15, 0.2) is 146 Å². The van der Waals surface area contributed by atoms with Crippen LogP contribution in [0.1, 0.15) is 33.4 Å². The second kappa shape index (κ2) is 18.8. The van der Waals surface area contributed by atoms with Gasteiger partial charge in [0.15, 0.2) is 0 Å². The summed E-state index contributed by atoms with van der Waals surface area (Å²) in [4.78, 5) is 0. The zero-order valence-corrected chi connectivity index (χ0v) is 32.7. The zero-order valence-electron chi connectivity index (χ0n) is 27.8. The molecule has 0 amide bonds. The fraction of sp³-hybridized carbons (Fsp3) is 0.143. The molecule has 6 aromatic carbocycles. The minimum atomic E-state index is -0.495. The Morgan fingerprint density at radius 1 is 0.319 bits per heavy atom. The summed E-state index contributed by atoms with van der Waals surface area (Å²) in [5, 5.41) is 8.53. The summed E-state index contributed by atoms with van der Waals surface area (Å²) in [6.45, 7) is 13.0. The van der Waals surface area contributed by atoms with Crippen LogP contribution < -0.4 is 31.8 Å². The van der Waals surface area contributed by atoms with Gasteiger partial charge in [-0.3, -0.25) is 0 Å². The molecule has 0 aliphatic heterocycles. The number of hydrogen-bond donors (Lipinski definition) is 0. The molecule has 0 aliphatic carbocycles. The van der Waals surface area contributed by atoms with E-state index in [1.165, 1.54) is 65.2 Å². The normalized spacial score (nSPS) is 10.7. The summed E-state index contributed by atoms with van der Waals surface area (Å²) < 4.78 is 0. The van der Waals surface area contributed by atoms with Crippen molar-refractivity contribution in [2.45, 2.75) is 41.5 Å². The number of rotatable bonds is 6. The molecule has 0 atom stereocenters. The van der Waals surface area contributed by atoms with Crippen LogP contribution in [0.4, 0.5) is 0 Å². The molecular formula is C42H42Cl2P2Pd. The van der Waals surface area contributed by atoms with Crippen LogP contribution >= 0.6 is 34.9 Å². The van der Waals surface area contributed by atoms with Crippen LogP contribution in [0.25, 0.3) is 0 Å². The van der Waals surface area contributed by atoms with Crippen molar-refractivity contribution in [2.75, 3.05) is 0 Å². The Labute approximate surface area is 301 Å². The fourth-order valence-electron chi connectivity index (χ4n) is 5.50. The first kappa shape index (κ1) is 37.2. The third kappa shape index (κ3) is 11.2. The molecule has 47 heavy (non-hydrogen) atoms. The van der Waals surface area contributed by atoms with Gasteiger partial charge in [0.2, 0.25) is 0 Å². The second-order valence-corrected chi connectivity index (χ2v) is 18.6. The van der Waals surface area contributed by atoms with E-state index in [4.69, 9.17) is 19.1 Å². The van der Waals surface area contributed by atoms with Gasteiger partial charge in [0, 0.05) is 0 Å². The number of hydrogen-bond acceptors (Lipinski definition) is 0. The molecule has 0 fully saturated rings. The van der Waals surface area contributed by atoms with Crippen LogP contribution in [0.3, 0.4) is 0 Å². The van der Waals surface area contributed by atoms with E-state index in [0.29, 0.717) is 0 Å². The molecule has 0 heterocycles. The molecule has 5 heteroatoms. The van der Waals surface area contributed by atoms with Crippen molar-refractivity contribution in [1.29, 1.82) is 0 Å². The molecule has 0 bridgehead atoms. The maximum atomic E-state index is 4.81. The van der Waals surface area contributed by atoms with Crippen LogP contribution in [-0.4, -0.2) is 0 Å². The molecule has 0 spiro atoms. The first-order valence-electron chi connectivity index (χ1n) is 15.5. The third-order valence-electron chi connectivity index (χ3n) is 7.56. The van der Waals surface area contributed by atoms with Crippen molar-refractivity contribution in [2.24, 2.45) is 0 Å². The number of halogens is 2. The summed E-state index contributed by atoms with van der Waals surface area (Å²) >= 11 is -0.106. The number of benzene rings is 6. The third-order valence-corrected chi connectivity index (χ3v) is 12.3. The molecule has 6 aromatic rings. The molecule has 6 rings (SSSR count). The molecule has 0 unspecified atom stereocenters. The van der Waals surface area contributed by atoms with Gasteiger partial charge in [-0.15, -0.1) is 0 Å². The van der Waals surface area contributed by atoms with Crippen molar-refractivity contribution >= 4 is 66.7 Å². The van der Waals surface area contributed by atoms with E-state index in [2.05, 4.69) is 187 Å². The van der Waals surface area contributed by atoms with Gasteiger partial charge in [-0.25, -0.2) is 0 Å². The topological polar surface area (TPSA) is 0 Å². The number of aryl methyl sites for hydroxylation is 6. The Morgan fingerprint density at radius 2 is 0.468 bits per heavy atom. The Balaban J connectivity index is 0.000000197. The molecule has 0 radical (unpaired) electrons. The van der Waals surface area contributed by atoms with Crippen LogP contribution in [0.2, 0.25) is 0 Å². The van der Waals surface area contributed by atoms with Crippen molar-refractivity contribution in [3.8, 4) is 0 Å². The Kier molecular flexibility index (Phi) is 14.9. The van der Waals surface area contributed by atoms with Gasteiger partial charge >= 0.3 is 35.0 Å². The van der Waals surface area contributed by atoms with Crippen molar-refractivity contribution in [1.82, 2.24) is 0 Å². The summed E-state index contributed by atoms with van der Waals surface area (Å²) in [6, 6.07) is 53.6. The first-order valence-corrected chi connectivity index (χ1v) is 22.2. The molecule has 0 N–H and O–H groups in total. The standard InChI is InChI=1S/2C21H21P.2ClH.Pd/c2*1-16-7-4-10-19(13-16)22(20-11-5-8-17(2)14-20)21-12-6-9-18(3)15-21;;;/h2*4-15H,1-3H3;2*1H;/q;;;;+2/p-2. The Morgan fingerprint density at radius 3 is 0.596 bits per heavy atom. The summed E-state index contributed by atoms with van der Waals surface area (Å²) in [5.41, 5.74) is 7.95. The molecule has 244 valence electrons. The Hall–Kier alpha value is -2.58. The van der Waals surface area contributed by atoms with Gasteiger partial charge in [0.1, 0.15) is 0 Å². The van der Waals surface area contributed by atoms with Crippen molar-refractivity contribution < 1.29 is 15.9 Å². The van der Waals surface area contributed by atoms with E-state index in [1.54, 1.807) is 0 Å². The van der Waals surface area contributed by atoms with Crippen LogP contribution in [0, 0.1) is 41.5 Å². The van der Waals surface area contributed by atoms with Gasteiger partial charge in [-0.05, 0) is 89.2 Å². The van der Waals surface area contributed by atoms with E-state index >= 15 is 0 Å². The second-order valence-electron chi connectivity index (χ2n) is 11.8. The predicted molar refractivity (Wildman–Crippen MR) is 210 cm³/mol. The van der Waals surface area contributed by atoms with Gasteiger partial charge in [-0.2, -0.15) is 0 Å². The summed E-state index contributed by atoms with van der Waals surface area (Å²) in [5.74, 6) is 0. The van der Waals surface area contributed by atoms with Crippen LogP contribution in [-0.2, 0) is 15.9 Å². The quantitative estimate of drug-likeness (QED) is 0.117. The van der Waals surface area contributed by atoms with E-state index in [-0.39, 0.29) is 15.9 Å². The summed E-state index contributed by atoms with van der Waals surface area (Å²) in [6.07, 6.45) is 0. The molecule has 0 aromatic heterocycles. The molecule has 0 aliphatic rings. The van der Waals surface area contributed by atoms with Crippen molar-refractivity contribution in [3.63, 3.8) is 0 Å². The average Bonchev–Trinajstić information content (AvgIpc) is 3.03. The summed E-state index contributed by atoms with van der Waals surface area (Å²) in [7, 11) is 8.64. The monoisotopic (exact) mass is 784 g/mol. The van der Waals surface area contributed by atoms with Gasteiger partial charge in [0.05, 0.1) is 0 Å². The zero-order chi connectivity index (χ0) is 33.8. The van der Waals surface area contributed by atoms with E-state index < -0.39 is 15.8 Å². The SMILES string of the molecule is Cc1cccc(P(c2cccc(C)c2)c2cccc(C)c2)c1.Cc1cccc(P(c2cccc(C)c2)c2cccc(C)c2)c1.[Cl][Pd][Cl]. The predicted octanol–water partition coefficient (Wildman–Crippen LogP) is 10.1. The fourth-order valence-corrected chi connectivity index (χ4v) is 10.7. The van der Waals surface area contributed by atoms with Gasteiger partial charge in [-0.1, -0.05) is 179 Å². The molecule has 0 saturated heterocycles.